The Morgan fingerprint density at radius 3 is 2.70 bits per heavy atom. The van der Waals surface area contributed by atoms with Crippen LogP contribution in [0.15, 0.2) is 76.0 Å². The molecule has 0 atom stereocenters. The van der Waals surface area contributed by atoms with E-state index < -0.39 is 0 Å². The molecule has 4 aromatic rings. The van der Waals surface area contributed by atoms with Crippen molar-refractivity contribution in [3.63, 3.8) is 0 Å². The summed E-state index contributed by atoms with van der Waals surface area (Å²) in [5.74, 6) is 0.0457. The molecule has 8 heteroatoms. The van der Waals surface area contributed by atoms with Gasteiger partial charge in [-0.15, -0.1) is 11.3 Å². The van der Waals surface area contributed by atoms with Gasteiger partial charge in [-0.25, -0.2) is 4.98 Å². The normalized spacial score (nSPS) is 11.0. The molecule has 4 rings (SSSR count). The number of benzene rings is 2. The maximum Gasteiger partial charge on any atom is 0.266 e. The largest absolute Gasteiger partial charge is 0.355 e. The summed E-state index contributed by atoms with van der Waals surface area (Å²) in [6, 6.07) is 18.3. The minimum Gasteiger partial charge on any atom is -0.355 e. The van der Waals surface area contributed by atoms with Crippen molar-refractivity contribution in [3.8, 4) is 5.69 Å². The molecular formula is C22H18ClN3O2S2. The fraction of sp³-hybridized carbons (Fsp3) is 0.136. The van der Waals surface area contributed by atoms with Crippen LogP contribution in [-0.2, 0) is 11.2 Å². The summed E-state index contributed by atoms with van der Waals surface area (Å²) in [6.45, 7) is 0.572. The number of carbonyl (C=O) groups is 1. The van der Waals surface area contributed by atoms with Crippen LogP contribution in [0.5, 0.6) is 0 Å². The second kappa shape index (κ2) is 9.47. The minimum absolute atomic E-state index is 0.107. The molecule has 0 unspecified atom stereocenters. The van der Waals surface area contributed by atoms with Crippen LogP contribution in [0.4, 0.5) is 0 Å². The van der Waals surface area contributed by atoms with Gasteiger partial charge in [0.05, 0.1) is 27.4 Å². The zero-order valence-corrected chi connectivity index (χ0v) is 18.3. The van der Waals surface area contributed by atoms with E-state index in [1.807, 2.05) is 29.6 Å². The van der Waals surface area contributed by atoms with Crippen molar-refractivity contribution in [2.75, 3.05) is 12.3 Å². The van der Waals surface area contributed by atoms with E-state index in [2.05, 4.69) is 10.3 Å². The molecule has 0 aliphatic rings. The van der Waals surface area contributed by atoms with E-state index in [4.69, 9.17) is 11.6 Å². The van der Waals surface area contributed by atoms with Crippen molar-refractivity contribution < 1.29 is 4.79 Å². The third-order valence-electron chi connectivity index (χ3n) is 4.44. The van der Waals surface area contributed by atoms with E-state index in [1.54, 1.807) is 47.7 Å². The molecule has 152 valence electrons. The Bertz CT molecular complexity index is 1240. The van der Waals surface area contributed by atoms with Crippen molar-refractivity contribution in [1.29, 1.82) is 0 Å². The number of hydrogen-bond acceptors (Lipinski definition) is 5. The number of aromatic nitrogens is 2. The molecule has 30 heavy (non-hydrogen) atoms. The molecule has 0 bridgehead atoms. The summed E-state index contributed by atoms with van der Waals surface area (Å²) in [5, 5.41) is 6.32. The molecule has 0 aliphatic carbocycles. The first kappa shape index (κ1) is 20.7. The first-order chi connectivity index (χ1) is 14.6. The molecule has 5 nitrogen and oxygen atoms in total. The number of fused-ring (bicyclic) bond motifs is 1. The molecule has 2 aromatic carbocycles. The molecule has 0 saturated carbocycles. The molecule has 0 radical (unpaired) electrons. The SMILES string of the molecule is O=C(CSc1nc2ccccc2c(=O)n1-c1ccccc1Cl)NCCc1cccs1. The Balaban J connectivity index is 1.58. The first-order valence-corrected chi connectivity index (χ1v) is 11.6. The average molecular weight is 456 g/mol. The zero-order chi connectivity index (χ0) is 20.9. The fourth-order valence-corrected chi connectivity index (χ4v) is 4.78. The number of thiophene rings is 1. The molecule has 0 aliphatic heterocycles. The Morgan fingerprint density at radius 1 is 1.10 bits per heavy atom. The highest BCUT2D eigenvalue weighted by atomic mass is 35.5. The van der Waals surface area contributed by atoms with Crippen LogP contribution in [0.25, 0.3) is 16.6 Å². The summed E-state index contributed by atoms with van der Waals surface area (Å²) >= 11 is 9.25. The molecule has 2 aromatic heterocycles. The number of amides is 1. The van der Waals surface area contributed by atoms with Crippen LogP contribution in [-0.4, -0.2) is 27.8 Å². The van der Waals surface area contributed by atoms with E-state index >= 15 is 0 Å². The van der Waals surface area contributed by atoms with Crippen molar-refractivity contribution >= 4 is 51.5 Å². The number of rotatable bonds is 7. The molecule has 2 heterocycles. The molecule has 1 N–H and O–H groups in total. The Morgan fingerprint density at radius 2 is 1.90 bits per heavy atom. The Kier molecular flexibility index (Phi) is 6.52. The standard InChI is InChI=1S/C22H18ClN3O2S2/c23-17-8-2-4-10-19(17)26-21(28)16-7-1-3-9-18(16)25-22(26)30-14-20(27)24-12-11-15-6-5-13-29-15/h1-10,13H,11-12,14H2,(H,24,27). The lowest BCUT2D eigenvalue weighted by Crippen LogP contribution is -2.28. The van der Waals surface area contributed by atoms with Crippen LogP contribution >= 0.6 is 34.7 Å². The van der Waals surface area contributed by atoms with E-state index in [1.165, 1.54) is 21.2 Å². The van der Waals surface area contributed by atoms with Crippen molar-refractivity contribution in [3.05, 3.63) is 86.3 Å². The van der Waals surface area contributed by atoms with Crippen LogP contribution < -0.4 is 10.9 Å². The third-order valence-corrected chi connectivity index (χ3v) is 6.64. The second-order valence-corrected chi connectivity index (χ2v) is 8.85. The van der Waals surface area contributed by atoms with Gasteiger partial charge in [-0.2, -0.15) is 0 Å². The molecule has 1 amide bonds. The summed E-state index contributed by atoms with van der Waals surface area (Å²) in [6.07, 6.45) is 0.798. The number of nitrogens with one attached hydrogen (secondary N) is 1. The lowest BCUT2D eigenvalue weighted by atomic mass is 10.2. The summed E-state index contributed by atoms with van der Waals surface area (Å²) in [4.78, 5) is 31.4. The number of halogens is 1. The Labute approximate surface area is 186 Å². The van der Waals surface area contributed by atoms with Crippen molar-refractivity contribution in [1.82, 2.24) is 14.9 Å². The number of hydrogen-bond donors (Lipinski definition) is 1. The highest BCUT2D eigenvalue weighted by Crippen LogP contribution is 2.25. The molecule has 0 spiro atoms. The molecular weight excluding hydrogens is 438 g/mol. The van der Waals surface area contributed by atoms with Gasteiger partial charge in [-0.05, 0) is 42.1 Å². The van der Waals surface area contributed by atoms with Gasteiger partial charge in [0.15, 0.2) is 5.16 Å². The van der Waals surface area contributed by atoms with Gasteiger partial charge >= 0.3 is 0 Å². The quantitative estimate of drug-likeness (QED) is 0.328. The van der Waals surface area contributed by atoms with Crippen molar-refractivity contribution in [2.45, 2.75) is 11.6 Å². The van der Waals surface area contributed by atoms with E-state index in [0.29, 0.717) is 33.3 Å². The topological polar surface area (TPSA) is 64.0 Å². The lowest BCUT2D eigenvalue weighted by Gasteiger charge is -2.14. The third kappa shape index (κ3) is 4.59. The number of para-hydroxylation sites is 2. The smallest absolute Gasteiger partial charge is 0.266 e. The van der Waals surface area contributed by atoms with Gasteiger partial charge in [0.1, 0.15) is 0 Å². The van der Waals surface area contributed by atoms with Gasteiger partial charge in [-0.1, -0.05) is 53.7 Å². The van der Waals surface area contributed by atoms with Crippen LogP contribution in [0.2, 0.25) is 5.02 Å². The fourth-order valence-electron chi connectivity index (χ4n) is 3.02. The van der Waals surface area contributed by atoms with E-state index in [0.717, 1.165) is 6.42 Å². The average Bonchev–Trinajstić information content (AvgIpc) is 3.27. The maximum absolute atomic E-state index is 13.2. The zero-order valence-electron chi connectivity index (χ0n) is 15.9. The lowest BCUT2D eigenvalue weighted by molar-refractivity contribution is -0.118. The maximum atomic E-state index is 13.2. The van der Waals surface area contributed by atoms with Gasteiger partial charge in [-0.3, -0.25) is 14.2 Å². The highest BCUT2D eigenvalue weighted by molar-refractivity contribution is 7.99. The van der Waals surface area contributed by atoms with E-state index in [9.17, 15) is 9.59 Å². The van der Waals surface area contributed by atoms with Gasteiger partial charge in [0.25, 0.3) is 5.56 Å². The molecule has 0 saturated heterocycles. The Hall–Kier alpha value is -2.61. The number of nitrogens with zero attached hydrogens (tertiary/aromatic N) is 2. The van der Waals surface area contributed by atoms with Crippen LogP contribution in [0.1, 0.15) is 4.88 Å². The minimum atomic E-state index is -0.214. The van der Waals surface area contributed by atoms with E-state index in [-0.39, 0.29) is 17.2 Å². The van der Waals surface area contributed by atoms with Crippen LogP contribution in [0.3, 0.4) is 0 Å². The monoisotopic (exact) mass is 455 g/mol. The first-order valence-electron chi connectivity index (χ1n) is 9.32. The van der Waals surface area contributed by atoms with Gasteiger partial charge in [0, 0.05) is 11.4 Å². The highest BCUT2D eigenvalue weighted by Gasteiger charge is 2.16. The van der Waals surface area contributed by atoms with Gasteiger partial charge in [0.2, 0.25) is 5.91 Å². The molecule has 0 fully saturated rings. The number of carbonyl (C=O) groups excluding carboxylic acids is 1. The van der Waals surface area contributed by atoms with Crippen molar-refractivity contribution in [2.24, 2.45) is 0 Å². The summed E-state index contributed by atoms with van der Waals surface area (Å²) in [5.41, 5.74) is 0.920. The van der Waals surface area contributed by atoms with Crippen LogP contribution in [0, 0.1) is 0 Å². The predicted molar refractivity (Wildman–Crippen MR) is 124 cm³/mol. The summed E-state index contributed by atoms with van der Waals surface area (Å²) < 4.78 is 1.48. The summed E-state index contributed by atoms with van der Waals surface area (Å²) in [7, 11) is 0. The predicted octanol–water partition coefficient (Wildman–Crippen LogP) is 4.55. The number of thioether (sulfide) groups is 1. The second-order valence-electron chi connectivity index (χ2n) is 6.47. The van der Waals surface area contributed by atoms with Gasteiger partial charge < -0.3 is 5.32 Å².